The minimum atomic E-state index is 0.434. The van der Waals surface area contributed by atoms with Crippen molar-refractivity contribution in [3.63, 3.8) is 0 Å². The first-order valence-electron chi connectivity index (χ1n) is 4.34. The first-order valence-corrected chi connectivity index (χ1v) is 5.60. The molecule has 0 spiro atoms. The Morgan fingerprint density at radius 1 is 1.38 bits per heavy atom. The Bertz CT molecular complexity index is 637. The number of rotatable bonds is 2. The normalized spacial score (nSPS) is 11.8. The van der Waals surface area contributed by atoms with Crippen LogP contribution in [0.1, 0.15) is 5.69 Å². The molecule has 0 saturated carbocycles. The molecule has 0 aliphatic rings. The summed E-state index contributed by atoms with van der Waals surface area (Å²) >= 11 is 7.51. The van der Waals surface area contributed by atoms with Crippen molar-refractivity contribution in [1.29, 1.82) is 0 Å². The molecule has 0 saturated heterocycles. The molecular weight excluding hydrogens is 248 g/mol. The van der Waals surface area contributed by atoms with E-state index in [0.717, 1.165) is 10.7 Å². The van der Waals surface area contributed by atoms with Crippen LogP contribution in [0.15, 0.2) is 29.3 Å². The number of hydrogen-bond acceptors (Lipinski definition) is 5. The second-order valence-corrected chi connectivity index (χ2v) is 4.16. The zero-order valence-electron chi connectivity index (χ0n) is 7.86. The molecule has 3 rings (SSSR count). The standard InChI is InChI=1S/C8H5ClN6S/c9-7-6(3-12-14-4-10-11-5-14)15-1-2-16-8(15)13-7/h1-5H/b12-3-. The Morgan fingerprint density at radius 2 is 2.19 bits per heavy atom. The van der Waals surface area contributed by atoms with Gasteiger partial charge in [0.25, 0.3) is 0 Å². The van der Waals surface area contributed by atoms with E-state index in [2.05, 4.69) is 20.3 Å². The third-order valence-corrected chi connectivity index (χ3v) is 3.01. The Kier molecular flexibility index (Phi) is 2.19. The van der Waals surface area contributed by atoms with Gasteiger partial charge in [-0.3, -0.25) is 4.40 Å². The zero-order chi connectivity index (χ0) is 11.0. The quantitative estimate of drug-likeness (QED) is 0.650. The minimum absolute atomic E-state index is 0.434. The highest BCUT2D eigenvalue weighted by Crippen LogP contribution is 2.19. The lowest BCUT2D eigenvalue weighted by Gasteiger charge is -1.91. The van der Waals surface area contributed by atoms with E-state index in [4.69, 9.17) is 11.6 Å². The van der Waals surface area contributed by atoms with Gasteiger partial charge < -0.3 is 0 Å². The van der Waals surface area contributed by atoms with Gasteiger partial charge in [-0.25, -0.2) is 9.66 Å². The molecule has 0 fully saturated rings. The van der Waals surface area contributed by atoms with E-state index in [1.807, 2.05) is 16.0 Å². The van der Waals surface area contributed by atoms with Crippen molar-refractivity contribution in [3.05, 3.63) is 35.1 Å². The molecular formula is C8H5ClN6S. The van der Waals surface area contributed by atoms with Crippen LogP contribution < -0.4 is 0 Å². The molecule has 0 amide bonds. The Balaban J connectivity index is 2.05. The van der Waals surface area contributed by atoms with E-state index in [1.165, 1.54) is 28.7 Å². The zero-order valence-corrected chi connectivity index (χ0v) is 9.43. The highest BCUT2D eigenvalue weighted by atomic mass is 35.5. The average molecular weight is 253 g/mol. The molecule has 0 bridgehead atoms. The van der Waals surface area contributed by atoms with Gasteiger partial charge in [0.05, 0.1) is 6.21 Å². The molecule has 0 N–H and O–H groups in total. The van der Waals surface area contributed by atoms with Crippen LogP contribution in [0.3, 0.4) is 0 Å². The molecule has 3 heterocycles. The van der Waals surface area contributed by atoms with Crippen molar-refractivity contribution in [2.24, 2.45) is 5.10 Å². The van der Waals surface area contributed by atoms with Crippen LogP contribution in [-0.2, 0) is 0 Å². The van der Waals surface area contributed by atoms with Crippen LogP contribution in [0.25, 0.3) is 4.96 Å². The lowest BCUT2D eigenvalue weighted by Crippen LogP contribution is -1.91. The van der Waals surface area contributed by atoms with Gasteiger partial charge in [0, 0.05) is 11.6 Å². The van der Waals surface area contributed by atoms with Crippen molar-refractivity contribution in [2.45, 2.75) is 0 Å². The van der Waals surface area contributed by atoms with Crippen LogP contribution in [-0.4, -0.2) is 30.5 Å². The molecule has 0 aliphatic heterocycles. The Labute approximate surface area is 98.8 Å². The third kappa shape index (κ3) is 1.50. The van der Waals surface area contributed by atoms with Gasteiger partial charge in [-0.2, -0.15) is 5.10 Å². The Morgan fingerprint density at radius 3 is 3.00 bits per heavy atom. The highest BCUT2D eigenvalue weighted by molar-refractivity contribution is 7.15. The summed E-state index contributed by atoms with van der Waals surface area (Å²) in [6.07, 6.45) is 6.51. The summed E-state index contributed by atoms with van der Waals surface area (Å²) in [6.45, 7) is 0. The maximum absolute atomic E-state index is 5.99. The number of thiazole rings is 1. The number of hydrogen-bond donors (Lipinski definition) is 0. The van der Waals surface area contributed by atoms with Gasteiger partial charge in [0.15, 0.2) is 10.1 Å². The fourth-order valence-electron chi connectivity index (χ4n) is 1.27. The van der Waals surface area contributed by atoms with Crippen LogP contribution in [0.5, 0.6) is 0 Å². The summed E-state index contributed by atoms with van der Waals surface area (Å²) < 4.78 is 3.36. The van der Waals surface area contributed by atoms with E-state index in [-0.39, 0.29) is 0 Å². The fourth-order valence-corrected chi connectivity index (χ4v) is 2.26. The molecule has 0 radical (unpaired) electrons. The lowest BCUT2D eigenvalue weighted by atomic mass is 10.5. The first kappa shape index (κ1) is 9.49. The number of imidazole rings is 1. The highest BCUT2D eigenvalue weighted by Gasteiger charge is 2.08. The summed E-state index contributed by atoms with van der Waals surface area (Å²) in [7, 11) is 0. The van der Waals surface area contributed by atoms with E-state index in [9.17, 15) is 0 Å². The summed E-state index contributed by atoms with van der Waals surface area (Å²) in [4.78, 5) is 5.03. The SMILES string of the molecule is Clc1nc2sccn2c1/C=N\n1cnnc1. The van der Waals surface area contributed by atoms with Crippen molar-refractivity contribution in [2.75, 3.05) is 0 Å². The molecule has 0 atom stereocenters. The van der Waals surface area contributed by atoms with E-state index >= 15 is 0 Å². The Hall–Kier alpha value is -1.73. The van der Waals surface area contributed by atoms with E-state index < -0.39 is 0 Å². The first-order chi connectivity index (χ1) is 7.84. The van der Waals surface area contributed by atoms with Crippen LogP contribution in [0.2, 0.25) is 5.15 Å². The monoisotopic (exact) mass is 252 g/mol. The second kappa shape index (κ2) is 3.69. The van der Waals surface area contributed by atoms with Gasteiger partial charge >= 0.3 is 0 Å². The molecule has 80 valence electrons. The van der Waals surface area contributed by atoms with E-state index in [0.29, 0.717) is 5.15 Å². The maximum atomic E-state index is 5.99. The predicted octanol–water partition coefficient (Wildman–Crippen LogP) is 1.52. The molecule has 16 heavy (non-hydrogen) atoms. The molecule has 6 nitrogen and oxygen atoms in total. The second-order valence-electron chi connectivity index (χ2n) is 2.93. The molecule has 3 aromatic rings. The molecule has 0 aliphatic carbocycles. The molecule has 8 heteroatoms. The van der Waals surface area contributed by atoms with Crippen molar-refractivity contribution >= 4 is 34.1 Å². The van der Waals surface area contributed by atoms with Gasteiger partial charge in [0.2, 0.25) is 0 Å². The number of aromatic nitrogens is 5. The van der Waals surface area contributed by atoms with Crippen LogP contribution in [0, 0.1) is 0 Å². The van der Waals surface area contributed by atoms with E-state index in [1.54, 1.807) is 6.21 Å². The summed E-state index contributed by atoms with van der Waals surface area (Å²) in [5.74, 6) is 0. The minimum Gasteiger partial charge on any atom is -0.288 e. The molecule has 0 aromatic carbocycles. The average Bonchev–Trinajstić information content (AvgIpc) is 2.92. The summed E-state index contributed by atoms with van der Waals surface area (Å²) in [6, 6.07) is 0. The predicted molar refractivity (Wildman–Crippen MR) is 61.1 cm³/mol. The largest absolute Gasteiger partial charge is 0.288 e. The topological polar surface area (TPSA) is 60.4 Å². The molecule has 0 unspecified atom stereocenters. The third-order valence-electron chi connectivity index (χ3n) is 1.97. The fraction of sp³-hybridized carbons (Fsp3) is 0. The van der Waals surface area contributed by atoms with Crippen LogP contribution in [0.4, 0.5) is 0 Å². The summed E-state index contributed by atoms with van der Waals surface area (Å²) in [5.41, 5.74) is 0.742. The maximum Gasteiger partial charge on any atom is 0.195 e. The van der Waals surface area contributed by atoms with Crippen molar-refractivity contribution in [1.82, 2.24) is 24.3 Å². The smallest absolute Gasteiger partial charge is 0.195 e. The van der Waals surface area contributed by atoms with Gasteiger partial charge in [-0.15, -0.1) is 21.5 Å². The lowest BCUT2D eigenvalue weighted by molar-refractivity contribution is 0.877. The number of nitrogens with zero attached hydrogens (tertiary/aromatic N) is 6. The van der Waals surface area contributed by atoms with Gasteiger partial charge in [-0.05, 0) is 0 Å². The number of fused-ring (bicyclic) bond motifs is 1. The van der Waals surface area contributed by atoms with Gasteiger partial charge in [-0.1, -0.05) is 11.6 Å². The number of halogens is 1. The van der Waals surface area contributed by atoms with Crippen molar-refractivity contribution < 1.29 is 0 Å². The van der Waals surface area contributed by atoms with Crippen molar-refractivity contribution in [3.8, 4) is 0 Å². The van der Waals surface area contributed by atoms with Crippen LogP contribution >= 0.6 is 22.9 Å². The summed E-state index contributed by atoms with van der Waals surface area (Å²) in [5, 5.41) is 13.8. The molecule has 3 aromatic heterocycles. The van der Waals surface area contributed by atoms with Gasteiger partial charge in [0.1, 0.15) is 18.3 Å².